The Morgan fingerprint density at radius 1 is 1.14 bits per heavy atom. The lowest BCUT2D eigenvalue weighted by Crippen LogP contribution is -2.63. The summed E-state index contributed by atoms with van der Waals surface area (Å²) in [7, 11) is -1.99. The van der Waals surface area contributed by atoms with E-state index >= 15 is 0 Å². The maximum Gasteiger partial charge on any atom is 0.241 e. The first kappa shape index (κ1) is 24.2. The summed E-state index contributed by atoms with van der Waals surface area (Å²) in [4.78, 5) is 2.19. The van der Waals surface area contributed by atoms with Gasteiger partial charge < -0.3 is 25.0 Å². The van der Waals surface area contributed by atoms with E-state index < -0.39 is 40.7 Å². The number of hydrogen-bond acceptors (Lipinski definition) is 7. The van der Waals surface area contributed by atoms with Gasteiger partial charge in [-0.2, -0.15) is 0 Å². The fraction of sp³-hybridized carbons (Fsp3) is 0.700. The number of benzene rings is 1. The van der Waals surface area contributed by atoms with E-state index in [1.165, 1.54) is 12.1 Å². The molecule has 0 saturated carbocycles. The van der Waals surface area contributed by atoms with E-state index in [9.17, 15) is 23.7 Å². The minimum atomic E-state index is -4.01. The van der Waals surface area contributed by atoms with E-state index in [4.69, 9.17) is 4.74 Å². The lowest BCUT2D eigenvalue weighted by atomic mass is 9.96. The summed E-state index contributed by atoms with van der Waals surface area (Å²) in [6.07, 6.45) is -3.62. The molecular formula is C20H34N2O6S. The second-order valence-corrected chi connectivity index (χ2v) is 9.88. The third kappa shape index (κ3) is 6.45. The molecule has 1 aliphatic rings. The Balaban J connectivity index is 2.04. The van der Waals surface area contributed by atoms with Gasteiger partial charge in [0.15, 0.2) is 6.29 Å². The molecule has 1 aromatic rings. The molecule has 8 nitrogen and oxygen atoms in total. The van der Waals surface area contributed by atoms with Crippen molar-refractivity contribution in [1.29, 1.82) is 0 Å². The van der Waals surface area contributed by atoms with Crippen molar-refractivity contribution in [2.45, 2.75) is 75.7 Å². The number of hydrogen-bond donors (Lipinski definition) is 4. The highest BCUT2D eigenvalue weighted by Gasteiger charge is 2.44. The molecule has 2 rings (SSSR count). The average Bonchev–Trinajstić information content (AvgIpc) is 2.67. The zero-order valence-electron chi connectivity index (χ0n) is 17.5. The van der Waals surface area contributed by atoms with Crippen LogP contribution in [-0.4, -0.2) is 72.9 Å². The molecule has 0 aliphatic carbocycles. The van der Waals surface area contributed by atoms with Crippen LogP contribution in [0.15, 0.2) is 29.2 Å². The summed E-state index contributed by atoms with van der Waals surface area (Å²) < 4.78 is 32.8. The summed E-state index contributed by atoms with van der Waals surface area (Å²) in [6, 6.07) is 5.10. The monoisotopic (exact) mass is 430 g/mol. The second kappa shape index (κ2) is 10.3. The minimum Gasteiger partial charge on any atom is -0.388 e. The van der Waals surface area contributed by atoms with E-state index in [-0.39, 0.29) is 4.90 Å². The molecule has 5 atom stereocenters. The zero-order chi connectivity index (χ0) is 21.8. The third-order valence-corrected chi connectivity index (χ3v) is 6.66. The van der Waals surface area contributed by atoms with E-state index in [2.05, 4.69) is 23.5 Å². The Bertz CT molecular complexity index is 740. The molecule has 0 bridgehead atoms. The molecule has 9 heteroatoms. The van der Waals surface area contributed by atoms with Gasteiger partial charge in [-0.15, -0.1) is 0 Å². The number of nitrogens with one attached hydrogen (secondary N) is 1. The number of aliphatic hydroxyl groups excluding tert-OH is 3. The number of ether oxygens (including phenoxy) is 1. The number of sulfonamides is 1. The van der Waals surface area contributed by atoms with Gasteiger partial charge in [-0.05, 0) is 50.0 Å². The molecular weight excluding hydrogens is 396 g/mol. The lowest BCUT2D eigenvalue weighted by Gasteiger charge is -2.40. The van der Waals surface area contributed by atoms with Crippen LogP contribution in [0, 0.1) is 5.92 Å². The Morgan fingerprint density at radius 2 is 1.76 bits per heavy atom. The van der Waals surface area contributed by atoms with E-state index in [0.717, 1.165) is 18.5 Å². The molecule has 4 N–H and O–H groups in total. The van der Waals surface area contributed by atoms with Crippen LogP contribution in [0.25, 0.3) is 0 Å². The molecule has 5 unspecified atom stereocenters. The van der Waals surface area contributed by atoms with Gasteiger partial charge in [-0.25, -0.2) is 13.1 Å². The van der Waals surface area contributed by atoms with E-state index in [1.807, 2.05) is 7.05 Å². The predicted molar refractivity (Wildman–Crippen MR) is 110 cm³/mol. The van der Waals surface area contributed by atoms with Crippen LogP contribution in [0.2, 0.25) is 0 Å². The van der Waals surface area contributed by atoms with Gasteiger partial charge in [0.2, 0.25) is 10.0 Å². The van der Waals surface area contributed by atoms with Crippen molar-refractivity contribution < 1.29 is 28.5 Å². The Hall–Kier alpha value is -1.07. The van der Waals surface area contributed by atoms with Crippen LogP contribution in [-0.2, 0) is 21.3 Å². The zero-order valence-corrected chi connectivity index (χ0v) is 18.3. The largest absolute Gasteiger partial charge is 0.388 e. The molecule has 1 aromatic carbocycles. The summed E-state index contributed by atoms with van der Waals surface area (Å²) in [6.45, 7) is 7.75. The fourth-order valence-corrected chi connectivity index (χ4v) is 4.55. The van der Waals surface area contributed by atoms with Crippen molar-refractivity contribution in [2.24, 2.45) is 5.92 Å². The fourth-order valence-electron chi connectivity index (χ4n) is 3.30. The topological polar surface area (TPSA) is 119 Å². The van der Waals surface area contributed by atoms with Gasteiger partial charge in [0.25, 0.3) is 0 Å². The lowest BCUT2D eigenvalue weighted by molar-refractivity contribution is -0.244. The first-order valence-electron chi connectivity index (χ1n) is 10.0. The summed E-state index contributed by atoms with van der Waals surface area (Å²) >= 11 is 0. The summed E-state index contributed by atoms with van der Waals surface area (Å²) in [5.41, 5.74) is 0.984. The Morgan fingerprint density at radius 3 is 2.31 bits per heavy atom. The molecule has 166 valence electrons. The van der Waals surface area contributed by atoms with Crippen molar-refractivity contribution in [3.63, 3.8) is 0 Å². The SMILES string of the molecule is CCC1OC(O)C(NS(=O)(=O)c2ccc(CN(C)CCC(C)C)cc2)C(O)C1O. The van der Waals surface area contributed by atoms with Crippen LogP contribution < -0.4 is 4.72 Å². The maximum absolute atomic E-state index is 12.7. The number of aliphatic hydroxyl groups is 3. The maximum atomic E-state index is 12.7. The average molecular weight is 431 g/mol. The van der Waals surface area contributed by atoms with E-state index in [0.29, 0.717) is 18.9 Å². The van der Waals surface area contributed by atoms with Gasteiger partial charge in [-0.1, -0.05) is 32.9 Å². The van der Waals surface area contributed by atoms with Crippen molar-refractivity contribution in [3.05, 3.63) is 29.8 Å². The van der Waals surface area contributed by atoms with Crippen LogP contribution in [0.1, 0.15) is 39.2 Å². The minimum absolute atomic E-state index is 0.0117. The van der Waals surface area contributed by atoms with Crippen molar-refractivity contribution >= 4 is 10.0 Å². The molecule has 1 heterocycles. The normalized spacial score (nSPS) is 28.2. The number of rotatable bonds is 9. The quantitative estimate of drug-likeness (QED) is 0.454. The molecule has 0 amide bonds. The van der Waals surface area contributed by atoms with Gasteiger partial charge in [0.05, 0.1) is 11.0 Å². The van der Waals surface area contributed by atoms with Crippen LogP contribution in [0.4, 0.5) is 0 Å². The van der Waals surface area contributed by atoms with E-state index in [1.54, 1.807) is 19.1 Å². The smallest absolute Gasteiger partial charge is 0.241 e. The molecule has 29 heavy (non-hydrogen) atoms. The van der Waals surface area contributed by atoms with Crippen molar-refractivity contribution in [1.82, 2.24) is 9.62 Å². The van der Waals surface area contributed by atoms with Crippen LogP contribution >= 0.6 is 0 Å². The van der Waals surface area contributed by atoms with Gasteiger partial charge in [-0.3, -0.25) is 0 Å². The highest BCUT2D eigenvalue weighted by molar-refractivity contribution is 7.89. The molecule has 1 aliphatic heterocycles. The molecule has 1 fully saturated rings. The summed E-state index contributed by atoms with van der Waals surface area (Å²) in [5.74, 6) is 0.622. The molecule has 0 spiro atoms. The first-order valence-corrected chi connectivity index (χ1v) is 11.5. The molecule has 0 radical (unpaired) electrons. The van der Waals surface area contributed by atoms with Crippen molar-refractivity contribution in [3.8, 4) is 0 Å². The van der Waals surface area contributed by atoms with Crippen LogP contribution in [0.5, 0.6) is 0 Å². The highest BCUT2D eigenvalue weighted by Crippen LogP contribution is 2.23. The Kier molecular flexibility index (Phi) is 8.59. The number of nitrogens with zero attached hydrogens (tertiary/aromatic N) is 1. The third-order valence-electron chi connectivity index (χ3n) is 5.19. The standard InChI is InChI=1S/C20H34N2O6S/c1-5-16-18(23)19(24)17(20(25)28-16)21-29(26,27)15-8-6-14(7-9-15)12-22(4)11-10-13(2)3/h6-9,13,16-21,23-25H,5,10-12H2,1-4H3. The predicted octanol–water partition coefficient (Wildman–Crippen LogP) is 0.660. The molecule has 0 aromatic heterocycles. The van der Waals surface area contributed by atoms with Crippen LogP contribution in [0.3, 0.4) is 0 Å². The van der Waals surface area contributed by atoms with Gasteiger partial charge >= 0.3 is 0 Å². The van der Waals surface area contributed by atoms with Crippen molar-refractivity contribution in [2.75, 3.05) is 13.6 Å². The Labute approximate surface area is 173 Å². The second-order valence-electron chi connectivity index (χ2n) is 8.17. The highest BCUT2D eigenvalue weighted by atomic mass is 32.2. The summed E-state index contributed by atoms with van der Waals surface area (Å²) in [5, 5.41) is 30.4. The first-order chi connectivity index (χ1) is 13.5. The van der Waals surface area contributed by atoms with Gasteiger partial charge in [0, 0.05) is 6.54 Å². The molecule has 1 saturated heterocycles. The van der Waals surface area contributed by atoms with Gasteiger partial charge in [0.1, 0.15) is 18.2 Å².